The summed E-state index contributed by atoms with van der Waals surface area (Å²) in [6.45, 7) is 2.06. The first-order valence-corrected chi connectivity index (χ1v) is 7.93. The Morgan fingerprint density at radius 2 is 2.14 bits per heavy atom. The summed E-state index contributed by atoms with van der Waals surface area (Å²) in [7, 11) is 0. The van der Waals surface area contributed by atoms with Gasteiger partial charge in [-0.25, -0.2) is 0 Å². The number of cyclic esters (lactones) is 1. The third-order valence-electron chi connectivity index (χ3n) is 3.29. The number of carbonyl (C=O) groups is 2. The monoisotopic (exact) mass is 290 g/mol. The van der Waals surface area contributed by atoms with Crippen molar-refractivity contribution in [2.75, 3.05) is 0 Å². The van der Waals surface area contributed by atoms with E-state index in [0.29, 0.717) is 19.3 Å². The molecule has 1 rings (SSSR count). The van der Waals surface area contributed by atoms with Gasteiger partial charge in [0.1, 0.15) is 0 Å². The van der Waals surface area contributed by atoms with Gasteiger partial charge >= 0.3 is 5.97 Å². The van der Waals surface area contributed by atoms with Crippen LogP contribution in [0.1, 0.15) is 58.3 Å². The number of hydrogen-bond donors (Lipinski definition) is 0. The van der Waals surface area contributed by atoms with Gasteiger partial charge in [-0.3, -0.25) is 9.59 Å². The predicted octanol–water partition coefficient (Wildman–Crippen LogP) is 4.29. The lowest BCUT2D eigenvalue weighted by Crippen LogP contribution is -2.25. The van der Waals surface area contributed by atoms with Crippen molar-refractivity contribution in [2.45, 2.75) is 64.4 Å². The predicted molar refractivity (Wildman–Crippen MR) is 84.9 cm³/mol. The molecule has 3 heteroatoms. The molecule has 0 fully saturated rings. The van der Waals surface area contributed by atoms with Gasteiger partial charge in [0.15, 0.2) is 11.9 Å². The Morgan fingerprint density at radius 1 is 1.29 bits per heavy atom. The number of Topliss-reactive ketones (excluding diaryl/α,β-unsaturated/α-hetero) is 1. The van der Waals surface area contributed by atoms with Gasteiger partial charge in [-0.2, -0.15) is 0 Å². The second-order valence-electron chi connectivity index (χ2n) is 5.18. The van der Waals surface area contributed by atoms with E-state index in [-0.39, 0.29) is 11.8 Å². The molecule has 0 N–H and O–H groups in total. The number of esters is 1. The molecule has 21 heavy (non-hydrogen) atoms. The van der Waals surface area contributed by atoms with E-state index in [1.54, 1.807) is 6.08 Å². The van der Waals surface area contributed by atoms with Gasteiger partial charge in [0.2, 0.25) is 0 Å². The fourth-order valence-electron chi connectivity index (χ4n) is 2.09. The van der Waals surface area contributed by atoms with Gasteiger partial charge in [0.25, 0.3) is 0 Å². The molecule has 1 unspecified atom stereocenters. The molecule has 0 spiro atoms. The molecular weight excluding hydrogens is 264 g/mol. The van der Waals surface area contributed by atoms with Crippen molar-refractivity contribution in [3.05, 3.63) is 36.5 Å². The maximum absolute atomic E-state index is 12.1. The summed E-state index contributed by atoms with van der Waals surface area (Å²) < 4.78 is 5.32. The van der Waals surface area contributed by atoms with Crippen molar-refractivity contribution in [3.63, 3.8) is 0 Å². The largest absolute Gasteiger partial charge is 0.450 e. The minimum Gasteiger partial charge on any atom is -0.450 e. The quantitative estimate of drug-likeness (QED) is 0.560. The second kappa shape index (κ2) is 11.1. The van der Waals surface area contributed by atoms with E-state index in [1.807, 2.05) is 18.2 Å². The van der Waals surface area contributed by atoms with Crippen LogP contribution in [0.5, 0.6) is 0 Å². The van der Waals surface area contributed by atoms with Crippen LogP contribution in [0, 0.1) is 0 Å². The molecule has 0 aromatic carbocycles. The number of carbonyl (C=O) groups excluding carboxylic acids is 2. The zero-order chi connectivity index (χ0) is 15.3. The molecule has 1 heterocycles. The molecule has 0 bridgehead atoms. The first kappa shape index (κ1) is 17.4. The molecule has 1 aliphatic rings. The summed E-state index contributed by atoms with van der Waals surface area (Å²) in [5, 5.41) is 0. The molecule has 0 aromatic rings. The lowest BCUT2D eigenvalue weighted by atomic mass is 10.1. The average molecular weight is 290 g/mol. The minimum absolute atomic E-state index is 0.0265. The highest BCUT2D eigenvalue weighted by molar-refractivity contribution is 5.87. The molecule has 0 saturated heterocycles. The van der Waals surface area contributed by atoms with Gasteiger partial charge < -0.3 is 4.74 Å². The Kier molecular flexibility index (Phi) is 9.18. The van der Waals surface area contributed by atoms with E-state index in [2.05, 4.69) is 19.1 Å². The van der Waals surface area contributed by atoms with E-state index < -0.39 is 6.10 Å². The molecular formula is C18H26O3. The molecule has 116 valence electrons. The number of rotatable bonds is 5. The van der Waals surface area contributed by atoms with Crippen LogP contribution in [0.2, 0.25) is 0 Å². The van der Waals surface area contributed by atoms with Gasteiger partial charge in [0.05, 0.1) is 0 Å². The van der Waals surface area contributed by atoms with Crippen LogP contribution in [0.3, 0.4) is 0 Å². The molecule has 0 radical (unpaired) electrons. The summed E-state index contributed by atoms with van der Waals surface area (Å²) in [6.07, 6.45) is 17.2. The highest BCUT2D eigenvalue weighted by atomic mass is 16.5. The molecule has 0 saturated carbocycles. The van der Waals surface area contributed by atoms with Crippen molar-refractivity contribution in [1.29, 1.82) is 0 Å². The smallest absolute Gasteiger partial charge is 0.306 e. The van der Waals surface area contributed by atoms with E-state index in [4.69, 9.17) is 4.74 Å². The lowest BCUT2D eigenvalue weighted by molar-refractivity contribution is -0.152. The topological polar surface area (TPSA) is 43.4 Å². The Labute approximate surface area is 127 Å². The molecule has 0 aromatic heterocycles. The third kappa shape index (κ3) is 8.28. The van der Waals surface area contributed by atoms with Crippen LogP contribution < -0.4 is 0 Å². The maximum Gasteiger partial charge on any atom is 0.306 e. The molecule has 3 nitrogen and oxygen atoms in total. The van der Waals surface area contributed by atoms with Crippen LogP contribution in [0.15, 0.2) is 36.5 Å². The highest BCUT2D eigenvalue weighted by Crippen LogP contribution is 2.10. The van der Waals surface area contributed by atoms with Crippen molar-refractivity contribution < 1.29 is 14.3 Å². The van der Waals surface area contributed by atoms with Crippen LogP contribution in [0.25, 0.3) is 0 Å². The maximum atomic E-state index is 12.1. The third-order valence-corrected chi connectivity index (χ3v) is 3.29. The lowest BCUT2D eigenvalue weighted by Gasteiger charge is -2.13. The molecule has 0 aliphatic carbocycles. The van der Waals surface area contributed by atoms with Crippen molar-refractivity contribution >= 4 is 11.8 Å². The van der Waals surface area contributed by atoms with Crippen molar-refractivity contribution in [2.24, 2.45) is 0 Å². The van der Waals surface area contributed by atoms with Crippen LogP contribution in [-0.4, -0.2) is 17.9 Å². The Balaban J connectivity index is 2.59. The van der Waals surface area contributed by atoms with E-state index in [9.17, 15) is 9.59 Å². The summed E-state index contributed by atoms with van der Waals surface area (Å²) in [4.78, 5) is 23.9. The van der Waals surface area contributed by atoms with Gasteiger partial charge in [-0.15, -0.1) is 0 Å². The number of allylic oxidation sites excluding steroid dienone is 5. The molecule has 0 amide bonds. The van der Waals surface area contributed by atoms with Gasteiger partial charge in [-0.05, 0) is 44.6 Å². The van der Waals surface area contributed by atoms with Gasteiger partial charge in [0, 0.05) is 12.8 Å². The first-order valence-electron chi connectivity index (χ1n) is 7.93. The normalized spacial score (nSPS) is 20.8. The Hall–Kier alpha value is -1.64. The zero-order valence-electron chi connectivity index (χ0n) is 12.9. The summed E-state index contributed by atoms with van der Waals surface area (Å²) in [5.74, 6) is -0.298. The van der Waals surface area contributed by atoms with E-state index in [0.717, 1.165) is 32.1 Å². The van der Waals surface area contributed by atoms with Crippen molar-refractivity contribution in [3.8, 4) is 0 Å². The number of ether oxygens (including phenoxy) is 1. The van der Waals surface area contributed by atoms with Crippen molar-refractivity contribution in [1.82, 2.24) is 0 Å². The summed E-state index contributed by atoms with van der Waals surface area (Å²) in [5.41, 5.74) is 0. The van der Waals surface area contributed by atoms with Crippen LogP contribution >= 0.6 is 0 Å². The standard InChI is InChI=1S/C18H26O3/c1-2-3-4-10-13-16(19)17-14-11-8-6-5-7-9-12-15-18(20)21-17/h3-6,11,14,17H,2,7-10,12-13,15H2,1H3. The number of ketones is 1. The van der Waals surface area contributed by atoms with Crippen LogP contribution in [0.4, 0.5) is 0 Å². The SMILES string of the molecule is CCC=CCCC(=O)C1C=CCC=CCCCCC(=O)O1. The summed E-state index contributed by atoms with van der Waals surface area (Å²) >= 11 is 0. The highest BCUT2D eigenvalue weighted by Gasteiger charge is 2.19. The number of hydrogen-bond acceptors (Lipinski definition) is 3. The van der Waals surface area contributed by atoms with E-state index in [1.165, 1.54) is 0 Å². The fourth-order valence-corrected chi connectivity index (χ4v) is 2.09. The van der Waals surface area contributed by atoms with E-state index >= 15 is 0 Å². The fraction of sp³-hybridized carbons (Fsp3) is 0.556. The summed E-state index contributed by atoms with van der Waals surface area (Å²) in [6, 6.07) is 0. The molecule has 1 aliphatic heterocycles. The Morgan fingerprint density at radius 3 is 2.95 bits per heavy atom. The first-order chi connectivity index (χ1) is 10.2. The zero-order valence-corrected chi connectivity index (χ0v) is 12.9. The van der Waals surface area contributed by atoms with Crippen LogP contribution in [-0.2, 0) is 14.3 Å². The Bertz CT molecular complexity index is 405. The second-order valence-corrected chi connectivity index (χ2v) is 5.18. The van der Waals surface area contributed by atoms with Gasteiger partial charge in [-0.1, -0.05) is 37.3 Å². The molecule has 1 atom stereocenters. The average Bonchev–Trinajstić information content (AvgIpc) is 2.46. The minimum atomic E-state index is -0.722.